The van der Waals surface area contributed by atoms with Crippen LogP contribution in [0.4, 0.5) is 5.69 Å². The molecule has 2 amide bonds. The van der Waals surface area contributed by atoms with Crippen molar-refractivity contribution < 1.29 is 19.1 Å². The van der Waals surface area contributed by atoms with E-state index in [-0.39, 0.29) is 23.5 Å². The normalized spacial score (nSPS) is 15.4. The number of nitrogens with zero attached hydrogens (tertiary/aromatic N) is 1. The Bertz CT molecular complexity index is 688. The quantitative estimate of drug-likeness (QED) is 0.853. The summed E-state index contributed by atoms with van der Waals surface area (Å²) in [5, 5.41) is 12.4. The van der Waals surface area contributed by atoms with Gasteiger partial charge in [-0.05, 0) is 31.0 Å². The van der Waals surface area contributed by atoms with Gasteiger partial charge in [0.15, 0.2) is 0 Å². The SMILES string of the molecule is O=C(Nc1ccccc1O)C1CCN(C(=O)c2ccoc2)CC1. The fourth-order valence-electron chi connectivity index (χ4n) is 2.73. The Morgan fingerprint density at radius 3 is 2.57 bits per heavy atom. The highest BCUT2D eigenvalue weighted by Gasteiger charge is 2.28. The van der Waals surface area contributed by atoms with Crippen molar-refractivity contribution in [1.29, 1.82) is 0 Å². The van der Waals surface area contributed by atoms with Crippen LogP contribution >= 0.6 is 0 Å². The maximum Gasteiger partial charge on any atom is 0.257 e. The van der Waals surface area contributed by atoms with Crippen molar-refractivity contribution in [3.05, 3.63) is 48.4 Å². The predicted molar refractivity (Wildman–Crippen MR) is 84.1 cm³/mol. The smallest absolute Gasteiger partial charge is 0.257 e. The second-order valence-electron chi connectivity index (χ2n) is 5.58. The van der Waals surface area contributed by atoms with Gasteiger partial charge in [0.2, 0.25) is 5.91 Å². The van der Waals surface area contributed by atoms with Gasteiger partial charge in [0.05, 0.1) is 17.5 Å². The minimum absolute atomic E-state index is 0.0495. The predicted octanol–water partition coefficient (Wildman–Crippen LogP) is 2.48. The molecule has 23 heavy (non-hydrogen) atoms. The molecule has 2 N–H and O–H groups in total. The molecule has 120 valence electrons. The minimum Gasteiger partial charge on any atom is -0.506 e. The molecule has 1 aliphatic rings. The van der Waals surface area contributed by atoms with E-state index in [1.807, 2.05) is 0 Å². The highest BCUT2D eigenvalue weighted by molar-refractivity contribution is 5.95. The number of amides is 2. The number of hydrogen-bond acceptors (Lipinski definition) is 4. The van der Waals surface area contributed by atoms with Crippen molar-refractivity contribution in [3.63, 3.8) is 0 Å². The maximum atomic E-state index is 12.3. The summed E-state index contributed by atoms with van der Waals surface area (Å²) < 4.78 is 4.93. The number of carbonyl (C=O) groups excluding carboxylic acids is 2. The van der Waals surface area contributed by atoms with Crippen molar-refractivity contribution in [2.45, 2.75) is 12.8 Å². The first-order valence-electron chi connectivity index (χ1n) is 7.55. The van der Waals surface area contributed by atoms with Crippen molar-refractivity contribution in [2.75, 3.05) is 18.4 Å². The van der Waals surface area contributed by atoms with Gasteiger partial charge in [-0.2, -0.15) is 0 Å². The Hall–Kier alpha value is -2.76. The number of likely N-dealkylation sites (tertiary alicyclic amines) is 1. The average molecular weight is 314 g/mol. The molecule has 1 aromatic heterocycles. The number of benzene rings is 1. The highest BCUT2D eigenvalue weighted by atomic mass is 16.3. The van der Waals surface area contributed by atoms with E-state index in [1.165, 1.54) is 18.6 Å². The molecule has 0 spiro atoms. The number of carbonyl (C=O) groups is 2. The summed E-state index contributed by atoms with van der Waals surface area (Å²) in [5.41, 5.74) is 0.941. The number of phenolic OH excluding ortho intramolecular Hbond substituents is 1. The first-order valence-corrected chi connectivity index (χ1v) is 7.55. The van der Waals surface area contributed by atoms with E-state index in [0.717, 1.165) is 0 Å². The Balaban J connectivity index is 1.55. The lowest BCUT2D eigenvalue weighted by Gasteiger charge is -2.31. The van der Waals surface area contributed by atoms with Crippen LogP contribution in [-0.4, -0.2) is 34.9 Å². The van der Waals surface area contributed by atoms with Gasteiger partial charge in [-0.3, -0.25) is 9.59 Å². The van der Waals surface area contributed by atoms with Crippen LogP contribution in [0.15, 0.2) is 47.3 Å². The molecule has 0 aliphatic carbocycles. The van der Waals surface area contributed by atoms with Crippen molar-refractivity contribution in [2.24, 2.45) is 5.92 Å². The van der Waals surface area contributed by atoms with Gasteiger partial charge in [0.1, 0.15) is 12.0 Å². The first-order chi connectivity index (χ1) is 11.1. The zero-order valence-corrected chi connectivity index (χ0v) is 12.6. The van der Waals surface area contributed by atoms with Gasteiger partial charge in [-0.25, -0.2) is 0 Å². The molecule has 0 saturated carbocycles. The topological polar surface area (TPSA) is 82.8 Å². The van der Waals surface area contributed by atoms with Crippen LogP contribution in [-0.2, 0) is 4.79 Å². The maximum absolute atomic E-state index is 12.3. The van der Waals surface area contributed by atoms with E-state index in [9.17, 15) is 14.7 Å². The monoisotopic (exact) mass is 314 g/mol. The molecular formula is C17H18N2O4. The van der Waals surface area contributed by atoms with Gasteiger partial charge in [0.25, 0.3) is 5.91 Å². The minimum atomic E-state index is -0.164. The molecule has 1 fully saturated rings. The van der Waals surface area contributed by atoms with Crippen LogP contribution in [0, 0.1) is 5.92 Å². The largest absolute Gasteiger partial charge is 0.506 e. The summed E-state index contributed by atoms with van der Waals surface area (Å²) in [4.78, 5) is 26.2. The number of piperidine rings is 1. The lowest BCUT2D eigenvalue weighted by atomic mass is 9.95. The Kier molecular flexibility index (Phi) is 4.32. The summed E-state index contributed by atoms with van der Waals surface area (Å²) in [6.07, 6.45) is 4.10. The molecule has 6 nitrogen and oxygen atoms in total. The van der Waals surface area contributed by atoms with E-state index in [1.54, 1.807) is 29.2 Å². The lowest BCUT2D eigenvalue weighted by molar-refractivity contribution is -0.121. The molecule has 6 heteroatoms. The van der Waals surface area contributed by atoms with Crippen LogP contribution in [0.5, 0.6) is 5.75 Å². The average Bonchev–Trinajstić information content (AvgIpc) is 3.11. The second-order valence-corrected chi connectivity index (χ2v) is 5.58. The third kappa shape index (κ3) is 3.36. The van der Waals surface area contributed by atoms with Crippen LogP contribution < -0.4 is 5.32 Å². The molecule has 1 saturated heterocycles. The molecule has 0 unspecified atom stereocenters. The molecule has 2 aromatic rings. The summed E-state index contributed by atoms with van der Waals surface area (Å²) in [7, 11) is 0. The molecule has 0 radical (unpaired) electrons. The van der Waals surface area contributed by atoms with Gasteiger partial charge in [-0.1, -0.05) is 12.1 Å². The number of anilines is 1. The Morgan fingerprint density at radius 1 is 1.17 bits per heavy atom. The second kappa shape index (κ2) is 6.56. The van der Waals surface area contributed by atoms with Gasteiger partial charge < -0.3 is 19.7 Å². The molecular weight excluding hydrogens is 296 g/mol. The summed E-state index contributed by atoms with van der Waals surface area (Å²) >= 11 is 0. The zero-order chi connectivity index (χ0) is 16.2. The van der Waals surface area contributed by atoms with E-state index in [0.29, 0.717) is 37.2 Å². The summed E-state index contributed by atoms with van der Waals surface area (Å²) in [6.45, 7) is 1.06. The number of nitrogens with one attached hydrogen (secondary N) is 1. The lowest BCUT2D eigenvalue weighted by Crippen LogP contribution is -2.41. The molecule has 3 rings (SSSR count). The Labute approximate surface area is 133 Å². The van der Waals surface area contributed by atoms with Crippen LogP contribution in [0.1, 0.15) is 23.2 Å². The summed E-state index contributed by atoms with van der Waals surface area (Å²) in [5.74, 6) is -0.309. The van der Waals surface area contributed by atoms with Gasteiger partial charge >= 0.3 is 0 Å². The van der Waals surface area contributed by atoms with Gasteiger partial charge in [-0.15, -0.1) is 0 Å². The standard InChI is InChI=1S/C17H18N2O4/c20-15-4-2-1-3-14(15)18-16(21)12-5-8-19(9-6-12)17(22)13-7-10-23-11-13/h1-4,7,10-12,20H,5-6,8-9H2,(H,18,21). The fourth-order valence-corrected chi connectivity index (χ4v) is 2.73. The summed E-state index contributed by atoms with van der Waals surface area (Å²) in [6, 6.07) is 8.28. The number of rotatable bonds is 3. The number of para-hydroxylation sites is 2. The van der Waals surface area contributed by atoms with Crippen molar-refractivity contribution in [1.82, 2.24) is 4.90 Å². The third-order valence-corrected chi connectivity index (χ3v) is 4.08. The third-order valence-electron chi connectivity index (χ3n) is 4.08. The van der Waals surface area contributed by atoms with E-state index < -0.39 is 0 Å². The molecule has 0 bridgehead atoms. The number of hydrogen-bond donors (Lipinski definition) is 2. The highest BCUT2D eigenvalue weighted by Crippen LogP contribution is 2.25. The van der Waals surface area contributed by atoms with Crippen molar-refractivity contribution >= 4 is 17.5 Å². The first kappa shape index (κ1) is 15.1. The van der Waals surface area contributed by atoms with Crippen LogP contribution in [0.3, 0.4) is 0 Å². The van der Waals surface area contributed by atoms with E-state index in [4.69, 9.17) is 4.42 Å². The number of phenols is 1. The van der Waals surface area contributed by atoms with Crippen molar-refractivity contribution in [3.8, 4) is 5.75 Å². The molecule has 2 heterocycles. The fraction of sp³-hybridized carbons (Fsp3) is 0.294. The van der Waals surface area contributed by atoms with E-state index in [2.05, 4.69) is 5.32 Å². The Morgan fingerprint density at radius 2 is 1.91 bits per heavy atom. The zero-order valence-electron chi connectivity index (χ0n) is 12.6. The molecule has 0 atom stereocenters. The van der Waals surface area contributed by atoms with Crippen LogP contribution in [0.2, 0.25) is 0 Å². The number of furan rings is 1. The molecule has 1 aromatic carbocycles. The van der Waals surface area contributed by atoms with Crippen LogP contribution in [0.25, 0.3) is 0 Å². The van der Waals surface area contributed by atoms with Gasteiger partial charge in [0, 0.05) is 19.0 Å². The van der Waals surface area contributed by atoms with E-state index >= 15 is 0 Å². The number of aromatic hydroxyl groups is 1. The molecule has 1 aliphatic heterocycles.